The number of piperidine rings is 1. The summed E-state index contributed by atoms with van der Waals surface area (Å²) in [7, 11) is 2.10. The fourth-order valence-electron chi connectivity index (χ4n) is 3.21. The highest BCUT2D eigenvalue weighted by Crippen LogP contribution is 2.44. The van der Waals surface area contributed by atoms with Crippen molar-refractivity contribution in [3.8, 4) is 0 Å². The highest BCUT2D eigenvalue weighted by molar-refractivity contribution is 4.91. The molecule has 2 fully saturated rings. The van der Waals surface area contributed by atoms with Gasteiger partial charge in [-0.1, -0.05) is 13.3 Å². The van der Waals surface area contributed by atoms with Gasteiger partial charge in [0.15, 0.2) is 0 Å². The predicted octanol–water partition coefficient (Wildman–Crippen LogP) is 2.25. The van der Waals surface area contributed by atoms with Crippen LogP contribution in [0.5, 0.6) is 0 Å². The zero-order valence-electron chi connectivity index (χ0n) is 10.4. The van der Waals surface area contributed by atoms with Crippen LogP contribution in [0, 0.1) is 5.41 Å². The summed E-state index contributed by atoms with van der Waals surface area (Å²) in [5.74, 6) is 0. The SMILES string of the molecule is CCC1(CN2CCCC(NC)C2)CCC1. The van der Waals surface area contributed by atoms with Crippen molar-refractivity contribution in [3.05, 3.63) is 0 Å². The van der Waals surface area contributed by atoms with E-state index >= 15 is 0 Å². The van der Waals surface area contributed by atoms with Gasteiger partial charge in [0.2, 0.25) is 0 Å². The lowest BCUT2D eigenvalue weighted by molar-refractivity contribution is 0.0469. The molecule has 15 heavy (non-hydrogen) atoms. The number of hydrogen-bond acceptors (Lipinski definition) is 2. The fraction of sp³-hybridized carbons (Fsp3) is 1.00. The molecule has 0 amide bonds. The van der Waals surface area contributed by atoms with Crippen LogP contribution in [0.1, 0.15) is 45.4 Å². The van der Waals surface area contributed by atoms with Crippen LogP contribution in [0.25, 0.3) is 0 Å². The summed E-state index contributed by atoms with van der Waals surface area (Å²) in [6.45, 7) is 6.35. The normalized spacial score (nSPS) is 31.2. The average Bonchev–Trinajstić information content (AvgIpc) is 2.24. The van der Waals surface area contributed by atoms with E-state index < -0.39 is 0 Å². The van der Waals surface area contributed by atoms with E-state index in [0.29, 0.717) is 5.41 Å². The molecular formula is C13H26N2. The first kappa shape index (κ1) is 11.4. The Labute approximate surface area is 94.4 Å². The van der Waals surface area contributed by atoms with E-state index in [1.54, 1.807) is 0 Å². The summed E-state index contributed by atoms with van der Waals surface area (Å²) >= 11 is 0. The van der Waals surface area contributed by atoms with Gasteiger partial charge in [-0.15, -0.1) is 0 Å². The third-order valence-corrected chi connectivity index (χ3v) is 4.64. The van der Waals surface area contributed by atoms with Gasteiger partial charge in [-0.05, 0) is 51.1 Å². The van der Waals surface area contributed by atoms with Gasteiger partial charge < -0.3 is 10.2 Å². The van der Waals surface area contributed by atoms with E-state index in [0.717, 1.165) is 6.04 Å². The van der Waals surface area contributed by atoms with Crippen LogP contribution >= 0.6 is 0 Å². The molecule has 1 aliphatic heterocycles. The maximum absolute atomic E-state index is 3.43. The molecule has 1 unspecified atom stereocenters. The molecule has 1 heterocycles. The van der Waals surface area contributed by atoms with Crippen LogP contribution in [-0.4, -0.2) is 37.6 Å². The van der Waals surface area contributed by atoms with E-state index in [-0.39, 0.29) is 0 Å². The third kappa shape index (κ3) is 2.54. The van der Waals surface area contributed by atoms with Gasteiger partial charge in [0.05, 0.1) is 0 Å². The fourth-order valence-corrected chi connectivity index (χ4v) is 3.21. The Morgan fingerprint density at radius 2 is 2.13 bits per heavy atom. The van der Waals surface area contributed by atoms with Crippen molar-refractivity contribution in [3.63, 3.8) is 0 Å². The molecule has 0 aromatic heterocycles. The zero-order chi connectivity index (χ0) is 10.7. The van der Waals surface area contributed by atoms with Crippen LogP contribution in [0.4, 0.5) is 0 Å². The van der Waals surface area contributed by atoms with E-state index in [1.165, 1.54) is 58.2 Å². The molecule has 2 heteroatoms. The van der Waals surface area contributed by atoms with Gasteiger partial charge in [-0.2, -0.15) is 0 Å². The number of likely N-dealkylation sites (tertiary alicyclic amines) is 1. The number of hydrogen-bond donors (Lipinski definition) is 1. The van der Waals surface area contributed by atoms with E-state index in [2.05, 4.69) is 24.2 Å². The molecule has 1 saturated carbocycles. The average molecular weight is 210 g/mol. The first-order chi connectivity index (χ1) is 7.28. The van der Waals surface area contributed by atoms with Crippen molar-refractivity contribution in [2.75, 3.05) is 26.7 Å². The maximum Gasteiger partial charge on any atom is 0.0192 e. The topological polar surface area (TPSA) is 15.3 Å². The van der Waals surface area contributed by atoms with Crippen molar-refractivity contribution in [2.24, 2.45) is 5.41 Å². The molecule has 1 saturated heterocycles. The van der Waals surface area contributed by atoms with E-state index in [9.17, 15) is 0 Å². The molecule has 1 aliphatic carbocycles. The van der Waals surface area contributed by atoms with Crippen LogP contribution in [0.15, 0.2) is 0 Å². The smallest absolute Gasteiger partial charge is 0.0192 e. The molecular weight excluding hydrogens is 184 g/mol. The minimum Gasteiger partial charge on any atom is -0.316 e. The minimum atomic E-state index is 0.704. The van der Waals surface area contributed by atoms with Gasteiger partial charge in [-0.3, -0.25) is 0 Å². The number of likely N-dealkylation sites (N-methyl/N-ethyl adjacent to an activating group) is 1. The second-order valence-electron chi connectivity index (χ2n) is 5.57. The largest absolute Gasteiger partial charge is 0.316 e. The standard InChI is InChI=1S/C13H26N2/c1-3-13(7-5-8-13)11-15-9-4-6-12(10-15)14-2/h12,14H,3-11H2,1-2H3. The summed E-state index contributed by atoms with van der Waals surface area (Å²) in [5, 5.41) is 3.43. The Balaban J connectivity index is 1.82. The molecule has 1 atom stereocenters. The quantitative estimate of drug-likeness (QED) is 0.765. The molecule has 1 N–H and O–H groups in total. The second kappa shape index (κ2) is 4.84. The predicted molar refractivity (Wildman–Crippen MR) is 65.1 cm³/mol. The number of rotatable bonds is 4. The lowest BCUT2D eigenvalue weighted by Crippen LogP contribution is -2.49. The summed E-state index contributed by atoms with van der Waals surface area (Å²) < 4.78 is 0. The van der Waals surface area contributed by atoms with Crippen molar-refractivity contribution in [1.29, 1.82) is 0 Å². The van der Waals surface area contributed by atoms with Gasteiger partial charge in [-0.25, -0.2) is 0 Å². The Bertz CT molecular complexity index is 193. The van der Waals surface area contributed by atoms with E-state index in [1.807, 2.05) is 0 Å². The molecule has 0 aromatic carbocycles. The summed E-state index contributed by atoms with van der Waals surface area (Å²) in [4.78, 5) is 2.70. The summed E-state index contributed by atoms with van der Waals surface area (Å²) in [5.41, 5.74) is 0.704. The summed E-state index contributed by atoms with van der Waals surface area (Å²) in [6, 6.07) is 0.743. The lowest BCUT2D eigenvalue weighted by Gasteiger charge is -2.46. The van der Waals surface area contributed by atoms with Crippen LogP contribution < -0.4 is 5.32 Å². The van der Waals surface area contributed by atoms with Gasteiger partial charge >= 0.3 is 0 Å². The van der Waals surface area contributed by atoms with Crippen LogP contribution in [0.2, 0.25) is 0 Å². The molecule has 2 rings (SSSR count). The minimum absolute atomic E-state index is 0.704. The Morgan fingerprint density at radius 3 is 2.67 bits per heavy atom. The first-order valence-electron chi connectivity index (χ1n) is 6.68. The third-order valence-electron chi connectivity index (χ3n) is 4.64. The Kier molecular flexibility index (Phi) is 3.68. The molecule has 88 valence electrons. The number of nitrogens with one attached hydrogen (secondary N) is 1. The zero-order valence-corrected chi connectivity index (χ0v) is 10.4. The van der Waals surface area contributed by atoms with Crippen molar-refractivity contribution < 1.29 is 0 Å². The lowest BCUT2D eigenvalue weighted by atomic mass is 9.66. The molecule has 0 spiro atoms. The molecule has 0 aromatic rings. The van der Waals surface area contributed by atoms with Crippen molar-refractivity contribution in [1.82, 2.24) is 10.2 Å². The van der Waals surface area contributed by atoms with Gasteiger partial charge in [0.1, 0.15) is 0 Å². The first-order valence-corrected chi connectivity index (χ1v) is 6.68. The summed E-state index contributed by atoms with van der Waals surface area (Å²) in [6.07, 6.45) is 8.55. The number of nitrogens with zero attached hydrogens (tertiary/aromatic N) is 1. The molecule has 2 aliphatic rings. The van der Waals surface area contributed by atoms with Crippen molar-refractivity contribution in [2.45, 2.75) is 51.5 Å². The van der Waals surface area contributed by atoms with E-state index in [4.69, 9.17) is 0 Å². The second-order valence-corrected chi connectivity index (χ2v) is 5.57. The molecule has 2 nitrogen and oxygen atoms in total. The Morgan fingerprint density at radius 1 is 1.33 bits per heavy atom. The monoisotopic (exact) mass is 210 g/mol. The van der Waals surface area contributed by atoms with Gasteiger partial charge in [0, 0.05) is 19.1 Å². The Hall–Kier alpha value is -0.0800. The maximum atomic E-state index is 3.43. The van der Waals surface area contributed by atoms with Crippen molar-refractivity contribution >= 4 is 0 Å². The van der Waals surface area contributed by atoms with Crippen LogP contribution in [0.3, 0.4) is 0 Å². The molecule has 0 bridgehead atoms. The highest BCUT2D eigenvalue weighted by atomic mass is 15.2. The molecule has 0 radical (unpaired) electrons. The van der Waals surface area contributed by atoms with Crippen LogP contribution in [-0.2, 0) is 0 Å². The highest BCUT2D eigenvalue weighted by Gasteiger charge is 2.37. The van der Waals surface area contributed by atoms with Gasteiger partial charge in [0.25, 0.3) is 0 Å².